The highest BCUT2D eigenvalue weighted by molar-refractivity contribution is 5.62. The molecule has 0 aromatic carbocycles. The monoisotopic (exact) mass is 432 g/mol. The topological polar surface area (TPSA) is 118 Å². The first-order chi connectivity index (χ1) is 15.6. The molecular weight excluding hydrogens is 408 g/mol. The number of ether oxygens (including phenoxy) is 1. The van der Waals surface area contributed by atoms with Gasteiger partial charge in [0.25, 0.3) is 0 Å². The van der Waals surface area contributed by atoms with E-state index < -0.39 is 0 Å². The summed E-state index contributed by atoms with van der Waals surface area (Å²) in [4.78, 5) is 15.8. The predicted molar refractivity (Wildman–Crippen MR) is 119 cm³/mol. The summed E-state index contributed by atoms with van der Waals surface area (Å²) >= 11 is 0. The first-order valence-electron chi connectivity index (χ1n) is 10.5. The number of aryl methyl sites for hydroxylation is 2. The average molecular weight is 432 g/mol. The first-order valence-corrected chi connectivity index (χ1v) is 10.5. The van der Waals surface area contributed by atoms with Gasteiger partial charge in [0.05, 0.1) is 13.2 Å². The third kappa shape index (κ3) is 3.86. The molecule has 5 heterocycles. The van der Waals surface area contributed by atoms with Gasteiger partial charge in [-0.3, -0.25) is 10.1 Å². The fourth-order valence-corrected chi connectivity index (χ4v) is 3.95. The van der Waals surface area contributed by atoms with Crippen molar-refractivity contribution in [3.05, 3.63) is 53.7 Å². The van der Waals surface area contributed by atoms with E-state index >= 15 is 0 Å². The van der Waals surface area contributed by atoms with Gasteiger partial charge in [-0.05, 0) is 38.8 Å². The molecule has 0 amide bonds. The maximum Gasteiger partial charge on any atom is 0.231 e. The Balaban J connectivity index is 1.44. The lowest BCUT2D eigenvalue weighted by atomic mass is 10.1. The van der Waals surface area contributed by atoms with Gasteiger partial charge in [0.1, 0.15) is 11.5 Å². The number of aromatic nitrogens is 6. The number of hydrogen-bond donors (Lipinski definition) is 2. The van der Waals surface area contributed by atoms with Crippen molar-refractivity contribution in [1.29, 1.82) is 0 Å². The maximum atomic E-state index is 5.76. The highest BCUT2D eigenvalue weighted by atomic mass is 16.5. The van der Waals surface area contributed by atoms with Crippen LogP contribution in [0.15, 0.2) is 41.1 Å². The van der Waals surface area contributed by atoms with Crippen LogP contribution < -0.4 is 15.0 Å². The molecular formula is C22H24N8O2. The van der Waals surface area contributed by atoms with Crippen molar-refractivity contribution in [3.8, 4) is 17.1 Å². The number of H-pyrrole nitrogens is 1. The van der Waals surface area contributed by atoms with Gasteiger partial charge in [0, 0.05) is 47.9 Å². The molecule has 5 rings (SSSR count). The minimum Gasteiger partial charge on any atom is -0.481 e. The van der Waals surface area contributed by atoms with E-state index in [1.165, 1.54) is 0 Å². The van der Waals surface area contributed by atoms with Crippen molar-refractivity contribution in [2.24, 2.45) is 0 Å². The zero-order valence-corrected chi connectivity index (χ0v) is 18.2. The van der Waals surface area contributed by atoms with Crippen LogP contribution in [-0.2, 0) is 0 Å². The molecule has 10 nitrogen and oxygen atoms in total. The lowest BCUT2D eigenvalue weighted by Crippen LogP contribution is -2.24. The zero-order chi connectivity index (χ0) is 22.1. The van der Waals surface area contributed by atoms with E-state index in [4.69, 9.17) is 14.2 Å². The average Bonchev–Trinajstić information content (AvgIpc) is 3.54. The van der Waals surface area contributed by atoms with Gasteiger partial charge in [-0.25, -0.2) is 0 Å². The Labute approximate surface area is 185 Å². The van der Waals surface area contributed by atoms with Crippen LogP contribution in [-0.4, -0.2) is 44.0 Å². The fraction of sp³-hybridized carbons (Fsp3) is 0.318. The van der Waals surface area contributed by atoms with E-state index in [0.717, 1.165) is 47.8 Å². The molecule has 4 aromatic rings. The van der Waals surface area contributed by atoms with Crippen molar-refractivity contribution < 1.29 is 9.26 Å². The van der Waals surface area contributed by atoms with Crippen LogP contribution in [0.5, 0.6) is 5.88 Å². The van der Waals surface area contributed by atoms with Gasteiger partial charge in [-0.1, -0.05) is 5.16 Å². The molecule has 0 unspecified atom stereocenters. The summed E-state index contributed by atoms with van der Waals surface area (Å²) in [6.45, 7) is 4.71. The molecule has 1 fully saturated rings. The normalized spacial score (nSPS) is 15.8. The molecule has 4 aromatic heterocycles. The highest BCUT2D eigenvalue weighted by Crippen LogP contribution is 2.37. The fourth-order valence-electron chi connectivity index (χ4n) is 3.95. The predicted octanol–water partition coefficient (Wildman–Crippen LogP) is 3.96. The molecule has 164 valence electrons. The SMILES string of the molecule is COc1cc(Nc2cc(C)[nH]n2)nc(N2CCC[C@H]2c2cc(-c3cccnc3C)no2)n1. The minimum absolute atomic E-state index is 0.0131. The number of nitrogens with one attached hydrogen (secondary N) is 2. The zero-order valence-electron chi connectivity index (χ0n) is 18.2. The van der Waals surface area contributed by atoms with E-state index in [2.05, 4.69) is 35.5 Å². The number of methoxy groups -OCH3 is 1. The quantitative estimate of drug-likeness (QED) is 0.467. The molecule has 32 heavy (non-hydrogen) atoms. The van der Waals surface area contributed by atoms with Crippen LogP contribution in [0, 0.1) is 13.8 Å². The van der Waals surface area contributed by atoms with Crippen molar-refractivity contribution >= 4 is 17.6 Å². The Morgan fingerprint density at radius 3 is 2.88 bits per heavy atom. The van der Waals surface area contributed by atoms with Crippen LogP contribution in [0.25, 0.3) is 11.3 Å². The van der Waals surface area contributed by atoms with Gasteiger partial charge >= 0.3 is 0 Å². The third-order valence-electron chi connectivity index (χ3n) is 5.51. The smallest absolute Gasteiger partial charge is 0.231 e. The lowest BCUT2D eigenvalue weighted by molar-refractivity contribution is 0.361. The van der Waals surface area contributed by atoms with E-state index in [1.807, 2.05) is 38.1 Å². The highest BCUT2D eigenvalue weighted by Gasteiger charge is 2.32. The van der Waals surface area contributed by atoms with Gasteiger partial charge in [0.15, 0.2) is 11.6 Å². The van der Waals surface area contributed by atoms with Gasteiger partial charge in [-0.15, -0.1) is 0 Å². The molecule has 1 aliphatic rings. The van der Waals surface area contributed by atoms with E-state index in [9.17, 15) is 0 Å². The summed E-state index contributed by atoms with van der Waals surface area (Å²) in [5.74, 6) is 3.11. The summed E-state index contributed by atoms with van der Waals surface area (Å²) in [7, 11) is 1.59. The molecule has 0 bridgehead atoms. The molecule has 0 radical (unpaired) electrons. The summed E-state index contributed by atoms with van der Waals surface area (Å²) < 4.78 is 11.2. The molecule has 1 saturated heterocycles. The van der Waals surface area contributed by atoms with Crippen LogP contribution in [0.3, 0.4) is 0 Å². The number of aromatic amines is 1. The molecule has 0 aliphatic carbocycles. The largest absolute Gasteiger partial charge is 0.481 e. The van der Waals surface area contributed by atoms with Gasteiger partial charge in [0.2, 0.25) is 11.8 Å². The number of hydrogen-bond acceptors (Lipinski definition) is 9. The van der Waals surface area contributed by atoms with Crippen molar-refractivity contribution in [2.45, 2.75) is 32.7 Å². The number of nitrogens with zero attached hydrogens (tertiary/aromatic N) is 6. The standard InChI is InChI=1S/C22H24N8O2/c1-13-10-20(28-27-13)24-19-12-21(31-3)26-22(25-19)30-9-5-7-17(30)18-11-16(29-32-18)15-6-4-8-23-14(15)2/h4,6,8,10-12,17H,5,7,9H2,1-3H3,(H2,24,25,26,27,28)/t17-/m0/s1. The molecule has 0 spiro atoms. The Morgan fingerprint density at radius 1 is 1.19 bits per heavy atom. The van der Waals surface area contributed by atoms with Crippen LogP contribution >= 0.6 is 0 Å². The van der Waals surface area contributed by atoms with Crippen LogP contribution in [0.1, 0.15) is 36.0 Å². The third-order valence-corrected chi connectivity index (χ3v) is 5.51. The number of rotatable bonds is 6. The van der Waals surface area contributed by atoms with Crippen LogP contribution in [0.2, 0.25) is 0 Å². The molecule has 1 aliphatic heterocycles. The molecule has 10 heteroatoms. The Bertz CT molecular complexity index is 1230. The molecule has 0 saturated carbocycles. The van der Waals surface area contributed by atoms with Gasteiger partial charge in [-0.2, -0.15) is 15.1 Å². The van der Waals surface area contributed by atoms with E-state index in [1.54, 1.807) is 19.4 Å². The molecule has 1 atom stereocenters. The second-order valence-electron chi connectivity index (χ2n) is 7.76. The van der Waals surface area contributed by atoms with E-state index in [-0.39, 0.29) is 6.04 Å². The number of pyridine rings is 1. The summed E-state index contributed by atoms with van der Waals surface area (Å²) in [6, 6.07) is 9.52. The number of anilines is 3. The van der Waals surface area contributed by atoms with Crippen molar-refractivity contribution in [2.75, 3.05) is 23.9 Å². The summed E-state index contributed by atoms with van der Waals surface area (Å²) in [5, 5.41) is 14.6. The van der Waals surface area contributed by atoms with Crippen LogP contribution in [0.4, 0.5) is 17.6 Å². The lowest BCUT2D eigenvalue weighted by Gasteiger charge is -2.23. The second kappa shape index (κ2) is 8.29. The minimum atomic E-state index is -0.0131. The maximum absolute atomic E-state index is 5.76. The Morgan fingerprint density at radius 2 is 2.09 bits per heavy atom. The first kappa shape index (κ1) is 20.0. The molecule has 2 N–H and O–H groups in total. The van der Waals surface area contributed by atoms with Crippen molar-refractivity contribution in [1.82, 2.24) is 30.3 Å². The van der Waals surface area contributed by atoms with E-state index in [0.29, 0.717) is 23.5 Å². The summed E-state index contributed by atoms with van der Waals surface area (Å²) in [5.41, 5.74) is 3.61. The Kier molecular flexibility index (Phi) is 5.18. The second-order valence-corrected chi connectivity index (χ2v) is 7.76. The van der Waals surface area contributed by atoms with Gasteiger partial charge < -0.3 is 19.5 Å². The summed E-state index contributed by atoms with van der Waals surface area (Å²) in [6.07, 6.45) is 3.69. The Hall–Kier alpha value is -3.95. The van der Waals surface area contributed by atoms with Crippen molar-refractivity contribution in [3.63, 3.8) is 0 Å².